The molecule has 0 amide bonds. The summed E-state index contributed by atoms with van der Waals surface area (Å²) in [4.78, 5) is 15.3. The predicted molar refractivity (Wildman–Crippen MR) is 70.8 cm³/mol. The lowest BCUT2D eigenvalue weighted by Crippen LogP contribution is -2.09. The van der Waals surface area contributed by atoms with E-state index >= 15 is 0 Å². The number of rotatable bonds is 5. The van der Waals surface area contributed by atoms with E-state index in [2.05, 4.69) is 4.98 Å². The summed E-state index contributed by atoms with van der Waals surface area (Å²) < 4.78 is 7.38. The molecule has 5 nitrogen and oxygen atoms in total. The number of hydrogen-bond donors (Lipinski definition) is 1. The van der Waals surface area contributed by atoms with Crippen LogP contribution in [-0.2, 0) is 13.5 Å². The van der Waals surface area contributed by atoms with Gasteiger partial charge in [-0.2, -0.15) is 0 Å². The lowest BCUT2D eigenvalue weighted by atomic mass is 10.2. The van der Waals surface area contributed by atoms with Crippen LogP contribution in [0.2, 0.25) is 5.02 Å². The third-order valence-corrected chi connectivity index (χ3v) is 3.01. The van der Waals surface area contributed by atoms with Gasteiger partial charge in [0.1, 0.15) is 17.1 Å². The standard InChI is InChI=1S/C13H13ClN2O3/c1-16-7-6-15-11(16)5-8-19-10-4-2-3-9(14)12(10)13(17)18/h2-4,6-7H,5,8H2,1H3,(H,17,18). The molecule has 6 heteroatoms. The van der Waals surface area contributed by atoms with E-state index in [9.17, 15) is 4.79 Å². The highest BCUT2D eigenvalue weighted by Gasteiger charge is 2.15. The number of aromatic nitrogens is 2. The molecule has 1 aromatic heterocycles. The van der Waals surface area contributed by atoms with E-state index in [1.165, 1.54) is 6.07 Å². The van der Waals surface area contributed by atoms with E-state index in [1.54, 1.807) is 18.3 Å². The average molecular weight is 281 g/mol. The maximum absolute atomic E-state index is 11.1. The van der Waals surface area contributed by atoms with Gasteiger partial charge in [-0.3, -0.25) is 0 Å². The van der Waals surface area contributed by atoms with Gasteiger partial charge in [-0.15, -0.1) is 0 Å². The summed E-state index contributed by atoms with van der Waals surface area (Å²) in [6.45, 7) is 0.339. The minimum Gasteiger partial charge on any atom is -0.492 e. The Morgan fingerprint density at radius 1 is 1.53 bits per heavy atom. The summed E-state index contributed by atoms with van der Waals surface area (Å²) >= 11 is 5.85. The number of nitrogens with zero attached hydrogens (tertiary/aromatic N) is 2. The highest BCUT2D eigenvalue weighted by molar-refractivity contribution is 6.33. The van der Waals surface area contributed by atoms with Crippen molar-refractivity contribution < 1.29 is 14.6 Å². The van der Waals surface area contributed by atoms with Gasteiger partial charge in [0, 0.05) is 25.9 Å². The Kier molecular flexibility index (Phi) is 4.06. The zero-order valence-electron chi connectivity index (χ0n) is 10.3. The molecule has 2 aromatic rings. The molecular weight excluding hydrogens is 268 g/mol. The Hall–Kier alpha value is -2.01. The molecule has 0 saturated heterocycles. The fraction of sp³-hybridized carbons (Fsp3) is 0.231. The number of aryl methyl sites for hydroxylation is 1. The van der Waals surface area contributed by atoms with Gasteiger partial charge in [0.2, 0.25) is 0 Å². The molecule has 0 aliphatic carbocycles. The van der Waals surface area contributed by atoms with Crippen molar-refractivity contribution in [1.29, 1.82) is 0 Å². The van der Waals surface area contributed by atoms with E-state index in [0.29, 0.717) is 13.0 Å². The first kappa shape index (κ1) is 13.4. The number of ether oxygens (including phenoxy) is 1. The molecular formula is C13H13ClN2O3. The smallest absolute Gasteiger partial charge is 0.341 e. The minimum atomic E-state index is -1.10. The normalized spacial score (nSPS) is 10.4. The van der Waals surface area contributed by atoms with Crippen molar-refractivity contribution in [2.45, 2.75) is 6.42 Å². The van der Waals surface area contributed by atoms with Crippen LogP contribution < -0.4 is 4.74 Å². The first-order valence-corrected chi connectivity index (χ1v) is 6.08. The van der Waals surface area contributed by atoms with Crippen molar-refractivity contribution in [3.63, 3.8) is 0 Å². The lowest BCUT2D eigenvalue weighted by molar-refractivity contribution is 0.0692. The van der Waals surface area contributed by atoms with Crippen molar-refractivity contribution in [2.24, 2.45) is 7.05 Å². The molecule has 0 unspecified atom stereocenters. The number of benzene rings is 1. The monoisotopic (exact) mass is 280 g/mol. The zero-order valence-corrected chi connectivity index (χ0v) is 11.1. The first-order chi connectivity index (χ1) is 9.09. The van der Waals surface area contributed by atoms with E-state index in [-0.39, 0.29) is 16.3 Å². The predicted octanol–water partition coefficient (Wildman–Crippen LogP) is 2.39. The second kappa shape index (κ2) is 5.75. The second-order valence-corrected chi connectivity index (χ2v) is 4.38. The summed E-state index contributed by atoms with van der Waals surface area (Å²) in [6, 6.07) is 4.77. The van der Waals surface area contributed by atoms with Crippen LogP contribution in [0.3, 0.4) is 0 Å². The zero-order chi connectivity index (χ0) is 13.8. The number of carbonyl (C=O) groups is 1. The van der Waals surface area contributed by atoms with E-state index in [0.717, 1.165) is 5.82 Å². The van der Waals surface area contributed by atoms with E-state index in [4.69, 9.17) is 21.4 Å². The third kappa shape index (κ3) is 3.06. The lowest BCUT2D eigenvalue weighted by Gasteiger charge is -2.10. The van der Waals surface area contributed by atoms with Gasteiger partial charge >= 0.3 is 5.97 Å². The Morgan fingerprint density at radius 2 is 2.32 bits per heavy atom. The van der Waals surface area contributed by atoms with Crippen LogP contribution in [0, 0.1) is 0 Å². The summed E-state index contributed by atoms with van der Waals surface area (Å²) in [7, 11) is 1.89. The van der Waals surface area contributed by atoms with Crippen LogP contribution in [-0.4, -0.2) is 27.2 Å². The van der Waals surface area contributed by atoms with Crippen LogP contribution in [0.5, 0.6) is 5.75 Å². The van der Waals surface area contributed by atoms with Crippen molar-refractivity contribution in [3.8, 4) is 5.75 Å². The molecule has 0 bridgehead atoms. The van der Waals surface area contributed by atoms with Gasteiger partial charge in [0.25, 0.3) is 0 Å². The summed E-state index contributed by atoms with van der Waals surface area (Å²) in [5.74, 6) is 0.0469. The second-order valence-electron chi connectivity index (χ2n) is 3.97. The quantitative estimate of drug-likeness (QED) is 0.913. The molecule has 0 fully saturated rings. The summed E-state index contributed by atoms with van der Waals surface area (Å²) in [5, 5.41) is 9.26. The Balaban J connectivity index is 2.06. The minimum absolute atomic E-state index is 0.0102. The molecule has 0 spiro atoms. The van der Waals surface area contributed by atoms with Crippen LogP contribution >= 0.6 is 11.6 Å². The average Bonchev–Trinajstić information content (AvgIpc) is 2.75. The van der Waals surface area contributed by atoms with Crippen molar-refractivity contribution in [3.05, 3.63) is 47.0 Å². The van der Waals surface area contributed by atoms with Crippen LogP contribution in [0.25, 0.3) is 0 Å². The summed E-state index contributed by atoms with van der Waals surface area (Å²) in [6.07, 6.45) is 4.14. The van der Waals surface area contributed by atoms with Crippen molar-refractivity contribution in [2.75, 3.05) is 6.61 Å². The SMILES string of the molecule is Cn1ccnc1CCOc1cccc(Cl)c1C(=O)O. The molecule has 2 rings (SSSR count). The number of carboxylic acids is 1. The Labute approximate surface area is 115 Å². The topological polar surface area (TPSA) is 64.4 Å². The molecule has 0 radical (unpaired) electrons. The first-order valence-electron chi connectivity index (χ1n) is 5.70. The molecule has 0 saturated carbocycles. The molecule has 1 heterocycles. The fourth-order valence-corrected chi connectivity index (χ4v) is 1.97. The van der Waals surface area contributed by atoms with Gasteiger partial charge in [-0.05, 0) is 12.1 Å². The Morgan fingerprint density at radius 3 is 2.95 bits per heavy atom. The Bertz CT molecular complexity index is 595. The van der Waals surface area contributed by atoms with Crippen LogP contribution in [0.15, 0.2) is 30.6 Å². The number of imidazole rings is 1. The third-order valence-electron chi connectivity index (χ3n) is 2.69. The van der Waals surface area contributed by atoms with Crippen LogP contribution in [0.1, 0.15) is 16.2 Å². The number of carboxylic acid groups (broad SMARTS) is 1. The fourth-order valence-electron chi connectivity index (χ4n) is 1.72. The highest BCUT2D eigenvalue weighted by Crippen LogP contribution is 2.26. The largest absolute Gasteiger partial charge is 0.492 e. The van der Waals surface area contributed by atoms with E-state index in [1.807, 2.05) is 17.8 Å². The van der Waals surface area contributed by atoms with Gasteiger partial charge in [-0.25, -0.2) is 9.78 Å². The molecule has 0 aliphatic rings. The van der Waals surface area contributed by atoms with Crippen molar-refractivity contribution >= 4 is 17.6 Å². The number of aromatic carboxylic acids is 1. The maximum Gasteiger partial charge on any atom is 0.341 e. The molecule has 1 N–H and O–H groups in total. The van der Waals surface area contributed by atoms with Gasteiger partial charge in [0.15, 0.2) is 0 Å². The maximum atomic E-state index is 11.1. The molecule has 0 aliphatic heterocycles. The van der Waals surface area contributed by atoms with Gasteiger partial charge in [0.05, 0.1) is 11.6 Å². The van der Waals surface area contributed by atoms with Crippen LogP contribution in [0.4, 0.5) is 0 Å². The number of hydrogen-bond acceptors (Lipinski definition) is 3. The molecule has 1 aromatic carbocycles. The van der Waals surface area contributed by atoms with E-state index < -0.39 is 5.97 Å². The molecule has 19 heavy (non-hydrogen) atoms. The summed E-state index contributed by atoms with van der Waals surface area (Å²) in [5.41, 5.74) is -0.0102. The van der Waals surface area contributed by atoms with Gasteiger partial charge < -0.3 is 14.4 Å². The van der Waals surface area contributed by atoms with Gasteiger partial charge in [-0.1, -0.05) is 17.7 Å². The molecule has 0 atom stereocenters. The molecule has 100 valence electrons. The highest BCUT2D eigenvalue weighted by atomic mass is 35.5. The number of halogens is 1. The van der Waals surface area contributed by atoms with Crippen molar-refractivity contribution in [1.82, 2.24) is 9.55 Å².